The van der Waals surface area contributed by atoms with Crippen LogP contribution in [0.2, 0.25) is 0 Å². The smallest absolute Gasteiger partial charge is 0.234 e. The number of ether oxygens (including phenoxy) is 1. The van der Waals surface area contributed by atoms with Gasteiger partial charge in [0.25, 0.3) is 0 Å². The summed E-state index contributed by atoms with van der Waals surface area (Å²) in [7, 11) is 1.61. The first kappa shape index (κ1) is 15.2. The Morgan fingerprint density at radius 3 is 3.10 bits per heavy atom. The molecular weight excluding hydrogens is 272 g/mol. The quantitative estimate of drug-likeness (QED) is 0.846. The lowest BCUT2D eigenvalue weighted by Crippen LogP contribution is -2.31. The van der Waals surface area contributed by atoms with Crippen molar-refractivity contribution in [3.63, 3.8) is 0 Å². The minimum atomic E-state index is 0.0308. The van der Waals surface area contributed by atoms with E-state index in [2.05, 4.69) is 10.6 Å². The molecule has 0 saturated carbocycles. The van der Waals surface area contributed by atoms with Crippen LogP contribution in [0, 0.1) is 5.92 Å². The molecule has 1 aliphatic rings. The van der Waals surface area contributed by atoms with E-state index in [1.54, 1.807) is 18.9 Å². The third kappa shape index (κ3) is 4.72. The molecule has 1 aliphatic heterocycles. The molecule has 1 saturated heterocycles. The number of piperidine rings is 1. The highest BCUT2D eigenvalue weighted by molar-refractivity contribution is 7.99. The van der Waals surface area contributed by atoms with Gasteiger partial charge in [0.05, 0.1) is 18.6 Å². The second-order valence-electron chi connectivity index (χ2n) is 4.98. The van der Waals surface area contributed by atoms with Crippen LogP contribution in [0.4, 0.5) is 5.69 Å². The number of anilines is 1. The first-order chi connectivity index (χ1) is 9.79. The Bertz CT molecular complexity index is 434. The lowest BCUT2D eigenvalue weighted by atomic mass is 10.0. The molecule has 5 heteroatoms. The molecule has 4 nitrogen and oxygen atoms in total. The second kappa shape index (κ2) is 8.17. The molecule has 0 spiro atoms. The Balaban J connectivity index is 1.72. The van der Waals surface area contributed by atoms with E-state index in [4.69, 9.17) is 4.74 Å². The zero-order chi connectivity index (χ0) is 14.2. The molecule has 0 aliphatic carbocycles. The van der Waals surface area contributed by atoms with Crippen LogP contribution in [-0.2, 0) is 4.79 Å². The summed E-state index contributed by atoms with van der Waals surface area (Å²) in [5.74, 6) is 2.97. The van der Waals surface area contributed by atoms with Crippen LogP contribution >= 0.6 is 11.8 Å². The fourth-order valence-corrected chi connectivity index (χ4v) is 3.31. The third-order valence-corrected chi connectivity index (χ3v) is 4.54. The molecule has 1 fully saturated rings. The number of carbonyl (C=O) groups excluding carboxylic acids is 1. The van der Waals surface area contributed by atoms with Gasteiger partial charge in [-0.2, -0.15) is 11.8 Å². The van der Waals surface area contributed by atoms with E-state index in [1.807, 2.05) is 24.3 Å². The van der Waals surface area contributed by atoms with Crippen LogP contribution in [0.1, 0.15) is 12.8 Å². The minimum absolute atomic E-state index is 0.0308. The molecule has 2 rings (SSSR count). The summed E-state index contributed by atoms with van der Waals surface area (Å²) < 4.78 is 5.22. The molecule has 20 heavy (non-hydrogen) atoms. The van der Waals surface area contributed by atoms with E-state index >= 15 is 0 Å². The van der Waals surface area contributed by atoms with Crippen molar-refractivity contribution in [2.24, 2.45) is 5.92 Å². The highest BCUT2D eigenvalue weighted by atomic mass is 32.2. The molecule has 1 heterocycles. The van der Waals surface area contributed by atoms with Crippen LogP contribution < -0.4 is 15.4 Å². The average molecular weight is 294 g/mol. The summed E-state index contributed by atoms with van der Waals surface area (Å²) in [4.78, 5) is 11.9. The van der Waals surface area contributed by atoms with Gasteiger partial charge < -0.3 is 15.4 Å². The number of thioether (sulfide) groups is 1. The number of hydrogen-bond donors (Lipinski definition) is 2. The number of benzene rings is 1. The molecule has 0 aromatic heterocycles. The van der Waals surface area contributed by atoms with Crippen molar-refractivity contribution >= 4 is 23.4 Å². The normalized spacial score (nSPS) is 18.6. The standard InChI is InChI=1S/C15H22N2O2S/c1-19-14-7-3-2-6-13(14)17-15(18)11-20-10-12-5-4-8-16-9-12/h2-3,6-7,12,16H,4-5,8-11H2,1H3,(H,17,18). The number of methoxy groups -OCH3 is 1. The van der Waals surface area contributed by atoms with E-state index < -0.39 is 0 Å². The summed E-state index contributed by atoms with van der Waals surface area (Å²) in [5, 5.41) is 6.30. The van der Waals surface area contributed by atoms with Gasteiger partial charge >= 0.3 is 0 Å². The SMILES string of the molecule is COc1ccccc1NC(=O)CSCC1CCCNC1. The highest BCUT2D eigenvalue weighted by Crippen LogP contribution is 2.23. The van der Waals surface area contributed by atoms with E-state index in [-0.39, 0.29) is 5.91 Å². The topological polar surface area (TPSA) is 50.4 Å². The Hall–Kier alpha value is -1.20. The number of para-hydroxylation sites is 2. The lowest BCUT2D eigenvalue weighted by molar-refractivity contribution is -0.113. The lowest BCUT2D eigenvalue weighted by Gasteiger charge is -2.22. The Labute approximate surface area is 124 Å². The van der Waals surface area contributed by atoms with E-state index in [9.17, 15) is 4.79 Å². The molecule has 0 bridgehead atoms. The van der Waals surface area contributed by atoms with Crippen molar-refractivity contribution in [3.8, 4) is 5.75 Å². The number of carbonyl (C=O) groups is 1. The third-order valence-electron chi connectivity index (χ3n) is 3.37. The van der Waals surface area contributed by atoms with Crippen molar-refractivity contribution < 1.29 is 9.53 Å². The van der Waals surface area contributed by atoms with Crippen molar-refractivity contribution in [3.05, 3.63) is 24.3 Å². The first-order valence-electron chi connectivity index (χ1n) is 7.01. The second-order valence-corrected chi connectivity index (χ2v) is 6.01. The zero-order valence-corrected chi connectivity index (χ0v) is 12.7. The van der Waals surface area contributed by atoms with Crippen molar-refractivity contribution in [2.45, 2.75) is 12.8 Å². The average Bonchev–Trinajstić information content (AvgIpc) is 2.49. The molecule has 110 valence electrons. The molecule has 1 atom stereocenters. The summed E-state index contributed by atoms with van der Waals surface area (Å²) in [5.41, 5.74) is 0.736. The molecule has 2 N–H and O–H groups in total. The van der Waals surface area contributed by atoms with Gasteiger partial charge in [-0.3, -0.25) is 4.79 Å². The number of rotatable bonds is 6. The van der Waals surface area contributed by atoms with Gasteiger partial charge in [0.2, 0.25) is 5.91 Å². The Morgan fingerprint density at radius 2 is 2.35 bits per heavy atom. The summed E-state index contributed by atoms with van der Waals surface area (Å²) in [6.07, 6.45) is 2.52. The largest absolute Gasteiger partial charge is 0.495 e. The summed E-state index contributed by atoms with van der Waals surface area (Å²) >= 11 is 1.71. The van der Waals surface area contributed by atoms with Gasteiger partial charge in [0.1, 0.15) is 5.75 Å². The van der Waals surface area contributed by atoms with Gasteiger partial charge in [-0.1, -0.05) is 12.1 Å². The van der Waals surface area contributed by atoms with Crippen LogP contribution in [0.15, 0.2) is 24.3 Å². The summed E-state index contributed by atoms with van der Waals surface area (Å²) in [6.45, 7) is 2.22. The van der Waals surface area contributed by atoms with Gasteiger partial charge in [-0.05, 0) is 49.7 Å². The molecule has 1 aromatic carbocycles. The molecule has 1 unspecified atom stereocenters. The monoisotopic (exact) mass is 294 g/mol. The van der Waals surface area contributed by atoms with Gasteiger partial charge in [0, 0.05) is 0 Å². The number of hydrogen-bond acceptors (Lipinski definition) is 4. The van der Waals surface area contributed by atoms with Crippen LogP contribution in [0.3, 0.4) is 0 Å². The van der Waals surface area contributed by atoms with Crippen molar-refractivity contribution in [1.29, 1.82) is 0 Å². The van der Waals surface area contributed by atoms with E-state index in [0.29, 0.717) is 17.4 Å². The van der Waals surface area contributed by atoms with E-state index in [1.165, 1.54) is 12.8 Å². The minimum Gasteiger partial charge on any atom is -0.495 e. The van der Waals surface area contributed by atoms with Crippen molar-refractivity contribution in [2.75, 3.05) is 37.0 Å². The van der Waals surface area contributed by atoms with Crippen molar-refractivity contribution in [1.82, 2.24) is 5.32 Å². The maximum atomic E-state index is 11.9. The fraction of sp³-hybridized carbons (Fsp3) is 0.533. The van der Waals surface area contributed by atoms with Crippen LogP contribution in [-0.4, -0.2) is 37.6 Å². The highest BCUT2D eigenvalue weighted by Gasteiger charge is 2.14. The predicted octanol–water partition coefficient (Wildman–Crippen LogP) is 2.37. The maximum Gasteiger partial charge on any atom is 0.234 e. The van der Waals surface area contributed by atoms with Crippen LogP contribution in [0.25, 0.3) is 0 Å². The zero-order valence-electron chi connectivity index (χ0n) is 11.9. The van der Waals surface area contributed by atoms with E-state index in [0.717, 1.165) is 24.5 Å². The van der Waals surface area contributed by atoms with Gasteiger partial charge in [-0.15, -0.1) is 0 Å². The Kier molecular flexibility index (Phi) is 6.21. The van der Waals surface area contributed by atoms with Gasteiger partial charge in [-0.25, -0.2) is 0 Å². The molecule has 0 radical (unpaired) electrons. The predicted molar refractivity (Wildman–Crippen MR) is 84.5 cm³/mol. The number of nitrogens with one attached hydrogen (secondary N) is 2. The fourth-order valence-electron chi connectivity index (χ4n) is 2.32. The number of amides is 1. The molecule has 1 amide bonds. The summed E-state index contributed by atoms with van der Waals surface area (Å²) in [6, 6.07) is 7.47. The van der Waals surface area contributed by atoms with Gasteiger partial charge in [0.15, 0.2) is 0 Å². The molecule has 1 aromatic rings. The maximum absolute atomic E-state index is 11.9. The van der Waals surface area contributed by atoms with Crippen LogP contribution in [0.5, 0.6) is 5.75 Å². The Morgan fingerprint density at radius 1 is 1.50 bits per heavy atom. The molecular formula is C15H22N2O2S. The first-order valence-corrected chi connectivity index (χ1v) is 8.16.